The molecule has 2 fully saturated rings. The molecule has 10 heteroatoms. The molecule has 0 bridgehead atoms. The first-order valence-corrected chi connectivity index (χ1v) is 15.0. The number of alkyl halides is 2. The van der Waals surface area contributed by atoms with Crippen molar-refractivity contribution in [2.45, 2.75) is 51.4 Å². The van der Waals surface area contributed by atoms with Crippen molar-refractivity contribution in [3.63, 3.8) is 0 Å². The van der Waals surface area contributed by atoms with Gasteiger partial charge in [-0.15, -0.1) is 0 Å². The number of nitrogens with two attached hydrogens (primary N) is 1. The summed E-state index contributed by atoms with van der Waals surface area (Å²) in [6.45, 7) is 7.17. The molecule has 2 aliphatic rings. The fourth-order valence-corrected chi connectivity index (χ4v) is 5.70. The van der Waals surface area contributed by atoms with Crippen molar-refractivity contribution >= 4 is 28.1 Å². The number of rotatable bonds is 11. The molecule has 4 heterocycles. The second-order valence-corrected chi connectivity index (χ2v) is 11.3. The first-order chi connectivity index (χ1) is 20.3. The van der Waals surface area contributed by atoms with Crippen LogP contribution in [0.25, 0.3) is 16.5 Å². The van der Waals surface area contributed by atoms with Gasteiger partial charge in [-0.25, -0.2) is 13.8 Å². The van der Waals surface area contributed by atoms with Gasteiger partial charge >= 0.3 is 0 Å². The van der Waals surface area contributed by atoms with Gasteiger partial charge in [0.1, 0.15) is 11.5 Å². The maximum absolute atomic E-state index is 13.6. The van der Waals surface area contributed by atoms with Crippen LogP contribution in [0.1, 0.15) is 60.6 Å². The number of benzene rings is 1. The molecule has 8 nitrogen and oxygen atoms in total. The lowest BCUT2D eigenvalue weighted by molar-refractivity contribution is -0.0533. The summed E-state index contributed by atoms with van der Waals surface area (Å²) >= 11 is 0. The molecule has 0 saturated carbocycles. The Bertz CT molecular complexity index is 1410. The first-order valence-electron chi connectivity index (χ1n) is 15.0. The number of pyridine rings is 1. The summed E-state index contributed by atoms with van der Waals surface area (Å²) in [5.41, 5.74) is 11.3. The number of piperazine rings is 1. The number of likely N-dealkylation sites (tertiary alicyclic amines) is 1. The minimum absolute atomic E-state index is 0.00951. The van der Waals surface area contributed by atoms with E-state index < -0.39 is 5.92 Å². The topological polar surface area (TPSA) is 103 Å². The average molecular weight is 578 g/mol. The van der Waals surface area contributed by atoms with Gasteiger partial charge < -0.3 is 16.0 Å². The predicted molar refractivity (Wildman–Crippen MR) is 164 cm³/mol. The number of H-pyrrole nitrogens is 1. The highest BCUT2D eigenvalue weighted by Crippen LogP contribution is 2.29. The van der Waals surface area contributed by atoms with E-state index in [2.05, 4.69) is 44.5 Å². The molecule has 42 heavy (non-hydrogen) atoms. The van der Waals surface area contributed by atoms with Gasteiger partial charge in [0.05, 0.1) is 5.52 Å². The third-order valence-corrected chi connectivity index (χ3v) is 8.27. The minimum Gasteiger partial charge on any atom is -0.404 e. The highest BCUT2D eigenvalue weighted by Gasteiger charge is 2.33. The average Bonchev–Trinajstić information content (AvgIpc) is 3.44. The molecule has 4 N–H and O–H groups in total. The zero-order valence-corrected chi connectivity index (χ0v) is 24.3. The van der Waals surface area contributed by atoms with E-state index >= 15 is 0 Å². The van der Waals surface area contributed by atoms with E-state index in [0.717, 1.165) is 84.4 Å². The molecule has 0 spiro atoms. The summed E-state index contributed by atoms with van der Waals surface area (Å²) in [6.07, 6.45) is 7.92. The highest BCUT2D eigenvalue weighted by atomic mass is 19.3. The minimum atomic E-state index is -2.57. The number of halogens is 2. The third kappa shape index (κ3) is 7.41. The van der Waals surface area contributed by atoms with E-state index in [-0.39, 0.29) is 18.6 Å². The number of hydrogen-bond acceptors (Lipinski definition) is 7. The van der Waals surface area contributed by atoms with Crippen LogP contribution in [0.3, 0.4) is 0 Å². The van der Waals surface area contributed by atoms with Crippen molar-refractivity contribution in [1.82, 2.24) is 25.4 Å². The molecule has 0 atom stereocenters. The van der Waals surface area contributed by atoms with E-state index in [1.165, 1.54) is 0 Å². The molecule has 0 amide bonds. The molecule has 2 aromatic heterocycles. The Balaban J connectivity index is 1.21. The largest absolute Gasteiger partial charge is 0.404 e. The zero-order valence-electron chi connectivity index (χ0n) is 24.3. The Morgan fingerprint density at radius 2 is 1.90 bits per heavy atom. The first kappa shape index (κ1) is 29.8. The van der Waals surface area contributed by atoms with Crippen molar-refractivity contribution in [3.05, 3.63) is 71.2 Å². The van der Waals surface area contributed by atoms with E-state index in [1.807, 2.05) is 35.4 Å². The Morgan fingerprint density at radius 3 is 2.60 bits per heavy atom. The highest BCUT2D eigenvalue weighted by molar-refractivity contribution is 6.06. The molecule has 1 aromatic carbocycles. The molecule has 5 rings (SSSR count). The Labute approximate surface area is 246 Å². The van der Waals surface area contributed by atoms with Crippen LogP contribution in [0.15, 0.2) is 54.4 Å². The van der Waals surface area contributed by atoms with Gasteiger partial charge in [0, 0.05) is 76.7 Å². The van der Waals surface area contributed by atoms with Gasteiger partial charge in [0.15, 0.2) is 5.78 Å². The SMILES string of the molecule is CC/C(=C\C(=C/N)CN1CCC(F)(F)CC1)c1ccc2[nH]nc(C(=O)CCCc3ccc(N4CCNCC4)nc3)c2c1. The number of nitrogens with zero attached hydrogens (tertiary/aromatic N) is 4. The summed E-state index contributed by atoms with van der Waals surface area (Å²) in [7, 11) is 0. The lowest BCUT2D eigenvalue weighted by atomic mass is 9.97. The van der Waals surface area contributed by atoms with Crippen LogP contribution in [-0.2, 0) is 6.42 Å². The second kappa shape index (κ2) is 13.6. The molecule has 0 radical (unpaired) electrons. The maximum atomic E-state index is 13.6. The van der Waals surface area contributed by atoms with E-state index in [0.29, 0.717) is 31.7 Å². The molecule has 0 unspecified atom stereocenters. The number of hydrogen-bond donors (Lipinski definition) is 3. The Hall–Kier alpha value is -3.63. The van der Waals surface area contributed by atoms with Crippen LogP contribution in [0, 0.1) is 0 Å². The summed E-state index contributed by atoms with van der Waals surface area (Å²) in [4.78, 5) is 22.1. The summed E-state index contributed by atoms with van der Waals surface area (Å²) in [6, 6.07) is 10.1. The second-order valence-electron chi connectivity index (χ2n) is 11.3. The monoisotopic (exact) mass is 577 g/mol. The van der Waals surface area contributed by atoms with Crippen LogP contribution < -0.4 is 16.0 Å². The van der Waals surface area contributed by atoms with Crippen LogP contribution >= 0.6 is 0 Å². The molecule has 2 aliphatic heterocycles. The van der Waals surface area contributed by atoms with Crippen LogP contribution in [0.2, 0.25) is 0 Å². The number of aryl methyl sites for hydroxylation is 1. The van der Waals surface area contributed by atoms with Crippen molar-refractivity contribution < 1.29 is 13.6 Å². The number of aromatic nitrogens is 3. The van der Waals surface area contributed by atoms with Gasteiger partial charge in [0.2, 0.25) is 0 Å². The number of carbonyl (C=O) groups excluding carboxylic acids is 1. The van der Waals surface area contributed by atoms with E-state index in [9.17, 15) is 13.6 Å². The number of fused-ring (bicyclic) bond motifs is 1. The van der Waals surface area contributed by atoms with Crippen LogP contribution in [0.4, 0.5) is 14.6 Å². The number of ketones is 1. The lowest BCUT2D eigenvalue weighted by Crippen LogP contribution is -2.43. The van der Waals surface area contributed by atoms with Gasteiger partial charge in [-0.05, 0) is 65.9 Å². The van der Waals surface area contributed by atoms with Crippen molar-refractivity contribution in [1.29, 1.82) is 0 Å². The third-order valence-electron chi connectivity index (χ3n) is 8.27. The maximum Gasteiger partial charge on any atom is 0.250 e. The number of aromatic amines is 1. The smallest absolute Gasteiger partial charge is 0.250 e. The standard InChI is InChI=1S/C32H41F2N7O/c1-2-25(18-24(20-35)22-40-14-10-32(33,34)11-15-40)26-7-8-28-27(19-26)31(39-38-28)29(42)5-3-4-23-6-9-30(37-21-23)41-16-12-36-13-17-41/h6-9,18-21,36H,2-5,10-17,22,35H2,1H3,(H,38,39)/b24-20+,25-18+. The summed E-state index contributed by atoms with van der Waals surface area (Å²) < 4.78 is 27.2. The number of piperidine rings is 1. The lowest BCUT2D eigenvalue weighted by Gasteiger charge is -2.31. The molecule has 3 aromatic rings. The number of anilines is 1. The van der Waals surface area contributed by atoms with Crippen molar-refractivity contribution in [2.24, 2.45) is 5.73 Å². The summed E-state index contributed by atoms with van der Waals surface area (Å²) in [5.74, 6) is -1.56. The van der Waals surface area contributed by atoms with Crippen molar-refractivity contribution in [2.75, 3.05) is 50.7 Å². The van der Waals surface area contributed by atoms with Crippen LogP contribution in [0.5, 0.6) is 0 Å². The number of nitrogens with one attached hydrogen (secondary N) is 2. The quantitative estimate of drug-likeness (QED) is 0.219. The van der Waals surface area contributed by atoms with Gasteiger partial charge in [-0.1, -0.05) is 25.1 Å². The number of carbonyl (C=O) groups is 1. The molecule has 0 aliphatic carbocycles. The Morgan fingerprint density at radius 1 is 1.12 bits per heavy atom. The fourth-order valence-electron chi connectivity index (χ4n) is 5.70. The van der Waals surface area contributed by atoms with Gasteiger partial charge in [0.25, 0.3) is 5.92 Å². The molecule has 2 saturated heterocycles. The Kier molecular flexibility index (Phi) is 9.64. The normalized spacial score (nSPS) is 18.5. The number of allylic oxidation sites excluding steroid dienone is 1. The van der Waals surface area contributed by atoms with Crippen molar-refractivity contribution in [3.8, 4) is 0 Å². The fraction of sp³-hybridized carbons (Fsp3) is 0.469. The zero-order chi connectivity index (χ0) is 29.5. The predicted octanol–water partition coefficient (Wildman–Crippen LogP) is 4.94. The summed E-state index contributed by atoms with van der Waals surface area (Å²) in [5, 5.41) is 11.5. The molecular weight excluding hydrogens is 536 g/mol. The van der Waals surface area contributed by atoms with Gasteiger partial charge in [-0.3, -0.25) is 14.8 Å². The number of Topliss-reactive ketones (excluding diaryl/α,β-unsaturated/α-hetero) is 1. The molecular formula is C32H41F2N7O. The van der Waals surface area contributed by atoms with Crippen LogP contribution in [-0.4, -0.2) is 77.6 Å². The van der Waals surface area contributed by atoms with Gasteiger partial charge in [-0.2, -0.15) is 5.10 Å². The van der Waals surface area contributed by atoms with E-state index in [4.69, 9.17) is 5.73 Å². The molecule has 224 valence electrons. The van der Waals surface area contributed by atoms with E-state index in [1.54, 1.807) is 6.20 Å².